The van der Waals surface area contributed by atoms with Crippen molar-refractivity contribution in [3.63, 3.8) is 0 Å². The Morgan fingerprint density at radius 3 is 2.52 bits per heavy atom. The van der Waals surface area contributed by atoms with Crippen LogP contribution >= 0.6 is 11.3 Å². The van der Waals surface area contributed by atoms with E-state index in [-0.39, 0.29) is 18.3 Å². The zero-order valence-corrected chi connectivity index (χ0v) is 16.1. The number of hydrogen-bond acceptors (Lipinski definition) is 6. The first-order valence-electron chi connectivity index (χ1n) is 8.38. The average molecular weight is 384 g/mol. The molecule has 1 aromatic carbocycles. The zero-order valence-electron chi connectivity index (χ0n) is 15.3. The van der Waals surface area contributed by atoms with Crippen molar-refractivity contribution in [2.45, 2.75) is 26.3 Å². The van der Waals surface area contributed by atoms with Gasteiger partial charge in [-0.25, -0.2) is 9.48 Å². The molecule has 3 aromatic rings. The van der Waals surface area contributed by atoms with Crippen LogP contribution < -0.4 is 5.32 Å². The van der Waals surface area contributed by atoms with Gasteiger partial charge in [0.25, 0.3) is 11.7 Å². The van der Waals surface area contributed by atoms with Crippen LogP contribution in [0.4, 0.5) is 0 Å². The Hall–Kier alpha value is -3.00. The molecule has 0 radical (unpaired) electrons. The van der Waals surface area contributed by atoms with Crippen LogP contribution in [0.5, 0.6) is 0 Å². The van der Waals surface area contributed by atoms with Gasteiger partial charge in [0.05, 0.1) is 10.6 Å². The van der Waals surface area contributed by atoms with E-state index in [0.29, 0.717) is 5.82 Å². The number of carbonyl (C=O) groups excluding carboxylic acids is 2. The summed E-state index contributed by atoms with van der Waals surface area (Å²) >= 11 is 1.49. The van der Waals surface area contributed by atoms with Gasteiger partial charge >= 0.3 is 5.97 Å². The van der Waals surface area contributed by atoms with Crippen LogP contribution in [0, 0.1) is 0 Å². The number of thiophene rings is 1. The van der Waals surface area contributed by atoms with Crippen LogP contribution in [-0.2, 0) is 9.53 Å². The molecule has 8 heteroatoms. The number of benzene rings is 1. The van der Waals surface area contributed by atoms with Crippen molar-refractivity contribution in [2.75, 3.05) is 6.61 Å². The third kappa shape index (κ3) is 4.79. The summed E-state index contributed by atoms with van der Waals surface area (Å²) in [7, 11) is 0. The Bertz CT molecular complexity index is 928. The molecule has 0 fully saturated rings. The summed E-state index contributed by atoms with van der Waals surface area (Å²) in [5, 5.41) is 8.95. The van der Waals surface area contributed by atoms with Crippen LogP contribution in [0.2, 0.25) is 0 Å². The van der Waals surface area contributed by atoms with Gasteiger partial charge in [-0.2, -0.15) is 4.98 Å². The van der Waals surface area contributed by atoms with Gasteiger partial charge in [-0.3, -0.25) is 4.79 Å². The molecular weight excluding hydrogens is 364 g/mol. The number of carbonyl (C=O) groups is 2. The van der Waals surface area contributed by atoms with Crippen LogP contribution in [0.25, 0.3) is 16.4 Å². The number of nitrogens with one attached hydrogen (secondary N) is 1. The third-order valence-electron chi connectivity index (χ3n) is 3.38. The Balaban J connectivity index is 1.82. The van der Waals surface area contributed by atoms with Crippen molar-refractivity contribution in [3.8, 4) is 16.4 Å². The summed E-state index contributed by atoms with van der Waals surface area (Å²) < 4.78 is 6.67. The molecule has 3 rings (SSSR count). The first-order valence-corrected chi connectivity index (χ1v) is 9.26. The number of rotatable bonds is 5. The molecule has 0 unspecified atom stereocenters. The number of ether oxygens (including phenoxy) is 1. The maximum atomic E-state index is 12.3. The molecule has 2 heterocycles. The minimum absolute atomic E-state index is 0.0918. The monoisotopic (exact) mass is 384 g/mol. The highest BCUT2D eigenvalue weighted by Crippen LogP contribution is 2.25. The molecule has 1 amide bonds. The minimum Gasteiger partial charge on any atom is -0.450 e. The maximum Gasteiger partial charge on any atom is 0.378 e. The van der Waals surface area contributed by atoms with E-state index in [4.69, 9.17) is 4.74 Å². The van der Waals surface area contributed by atoms with Crippen LogP contribution in [0.1, 0.15) is 31.4 Å². The largest absolute Gasteiger partial charge is 0.450 e. The number of para-hydroxylation sites is 1. The van der Waals surface area contributed by atoms with E-state index >= 15 is 0 Å². The smallest absolute Gasteiger partial charge is 0.378 e. The fraction of sp³-hybridized carbons (Fsp3) is 0.263. The normalized spacial score (nSPS) is 11.2. The van der Waals surface area contributed by atoms with E-state index in [0.717, 1.165) is 10.6 Å². The van der Waals surface area contributed by atoms with E-state index in [9.17, 15) is 9.59 Å². The maximum absolute atomic E-state index is 12.3. The van der Waals surface area contributed by atoms with E-state index < -0.39 is 11.5 Å². The second-order valence-corrected chi connectivity index (χ2v) is 7.81. The molecule has 0 saturated carbocycles. The highest BCUT2D eigenvalue weighted by atomic mass is 32.1. The van der Waals surface area contributed by atoms with Gasteiger partial charge in [0, 0.05) is 5.54 Å². The first-order chi connectivity index (χ1) is 12.8. The quantitative estimate of drug-likeness (QED) is 0.683. The van der Waals surface area contributed by atoms with Crippen LogP contribution in [0.3, 0.4) is 0 Å². The Labute approximate surface area is 161 Å². The van der Waals surface area contributed by atoms with Crippen molar-refractivity contribution in [1.29, 1.82) is 0 Å². The summed E-state index contributed by atoms with van der Waals surface area (Å²) in [4.78, 5) is 29.4. The van der Waals surface area contributed by atoms with Gasteiger partial charge < -0.3 is 10.1 Å². The minimum atomic E-state index is -0.744. The molecule has 140 valence electrons. The SMILES string of the molecule is CC(C)(C)NC(=O)COC(=O)c1nc(-c2cccs2)n(-c2ccccc2)n1. The first kappa shape index (κ1) is 18.8. The van der Waals surface area contributed by atoms with Gasteiger partial charge in [-0.05, 0) is 44.4 Å². The Kier molecular flexibility index (Phi) is 5.36. The molecule has 0 saturated heterocycles. The number of esters is 1. The summed E-state index contributed by atoms with van der Waals surface area (Å²) in [5.41, 5.74) is 0.376. The second kappa shape index (κ2) is 7.71. The number of nitrogens with zero attached hydrogens (tertiary/aromatic N) is 3. The topological polar surface area (TPSA) is 86.1 Å². The third-order valence-corrected chi connectivity index (χ3v) is 4.25. The Morgan fingerprint density at radius 1 is 1.15 bits per heavy atom. The van der Waals surface area contributed by atoms with Crippen molar-refractivity contribution in [1.82, 2.24) is 20.1 Å². The van der Waals surface area contributed by atoms with E-state index in [1.54, 1.807) is 4.68 Å². The molecule has 2 aromatic heterocycles. The van der Waals surface area contributed by atoms with E-state index in [1.165, 1.54) is 11.3 Å². The summed E-state index contributed by atoms with van der Waals surface area (Å²) in [6.07, 6.45) is 0. The van der Waals surface area contributed by atoms with Crippen molar-refractivity contribution >= 4 is 23.2 Å². The van der Waals surface area contributed by atoms with Crippen molar-refractivity contribution in [2.24, 2.45) is 0 Å². The summed E-state index contributed by atoms with van der Waals surface area (Å²) in [6.45, 7) is 5.17. The zero-order chi connectivity index (χ0) is 19.4. The van der Waals surface area contributed by atoms with Gasteiger partial charge in [-0.1, -0.05) is 24.3 Å². The lowest BCUT2D eigenvalue weighted by atomic mass is 10.1. The van der Waals surface area contributed by atoms with Crippen LogP contribution in [-0.4, -0.2) is 38.8 Å². The summed E-state index contributed by atoms with van der Waals surface area (Å²) in [5.74, 6) is -0.670. The van der Waals surface area contributed by atoms with E-state index in [1.807, 2.05) is 68.6 Å². The molecule has 0 atom stereocenters. The number of amides is 1. The fourth-order valence-electron chi connectivity index (χ4n) is 2.36. The molecule has 0 bridgehead atoms. The summed E-state index contributed by atoms with van der Waals surface area (Å²) in [6, 6.07) is 13.2. The van der Waals surface area contributed by atoms with Gasteiger partial charge in [-0.15, -0.1) is 16.4 Å². The second-order valence-electron chi connectivity index (χ2n) is 6.86. The predicted octanol–water partition coefficient (Wildman–Crippen LogP) is 3.07. The molecule has 7 nitrogen and oxygen atoms in total. The lowest BCUT2D eigenvalue weighted by Crippen LogP contribution is -2.42. The fourth-order valence-corrected chi connectivity index (χ4v) is 3.06. The molecule has 0 spiro atoms. The molecule has 0 aliphatic rings. The van der Waals surface area contributed by atoms with Gasteiger partial charge in [0.1, 0.15) is 0 Å². The predicted molar refractivity (Wildman–Crippen MR) is 103 cm³/mol. The Morgan fingerprint density at radius 2 is 1.89 bits per heavy atom. The average Bonchev–Trinajstić information content (AvgIpc) is 3.28. The molecule has 0 aliphatic heterocycles. The number of hydrogen-bond donors (Lipinski definition) is 1. The van der Waals surface area contributed by atoms with Crippen molar-refractivity contribution in [3.05, 3.63) is 53.7 Å². The highest BCUT2D eigenvalue weighted by molar-refractivity contribution is 7.13. The molecule has 0 aliphatic carbocycles. The molecule has 1 N–H and O–H groups in total. The molecular formula is C19H20N4O3S. The number of aromatic nitrogens is 3. The van der Waals surface area contributed by atoms with Crippen molar-refractivity contribution < 1.29 is 14.3 Å². The van der Waals surface area contributed by atoms with Gasteiger partial charge in [0.2, 0.25) is 0 Å². The lowest BCUT2D eigenvalue weighted by molar-refractivity contribution is -0.125. The molecule has 27 heavy (non-hydrogen) atoms. The van der Waals surface area contributed by atoms with Crippen LogP contribution in [0.15, 0.2) is 47.8 Å². The van der Waals surface area contributed by atoms with Gasteiger partial charge in [0.15, 0.2) is 12.4 Å². The van der Waals surface area contributed by atoms with E-state index in [2.05, 4.69) is 15.4 Å². The lowest BCUT2D eigenvalue weighted by Gasteiger charge is -2.20. The highest BCUT2D eigenvalue weighted by Gasteiger charge is 2.22. The standard InChI is InChI=1S/C19H20N4O3S/c1-19(2,3)21-15(24)12-26-18(25)16-20-17(14-10-7-11-27-14)23(22-16)13-8-5-4-6-9-13/h4-11H,12H2,1-3H3,(H,21,24).